The van der Waals surface area contributed by atoms with Gasteiger partial charge in [0.25, 0.3) is 0 Å². The highest BCUT2D eigenvalue weighted by atomic mass is 15.2. The van der Waals surface area contributed by atoms with Gasteiger partial charge in [0.15, 0.2) is 0 Å². The molecule has 0 saturated carbocycles. The minimum absolute atomic E-state index is 0.590. The molecule has 3 heterocycles. The Morgan fingerprint density at radius 2 is 1.94 bits per heavy atom. The molecule has 3 heteroatoms. The van der Waals surface area contributed by atoms with Crippen molar-refractivity contribution in [2.45, 2.75) is 18.9 Å². The normalized spacial score (nSPS) is 32.6. The van der Waals surface area contributed by atoms with Gasteiger partial charge in [-0.1, -0.05) is 12.1 Å². The van der Waals surface area contributed by atoms with Crippen molar-refractivity contribution in [2.24, 2.45) is 5.92 Å². The minimum Gasteiger partial charge on any atom is -0.397 e. The molecule has 1 atom stereocenters. The third-order valence-corrected chi connectivity index (χ3v) is 3.96. The van der Waals surface area contributed by atoms with E-state index >= 15 is 0 Å². The maximum absolute atomic E-state index is 5.96. The lowest BCUT2D eigenvalue weighted by molar-refractivity contribution is 0.0975. The Hall–Kier alpha value is -1.22. The van der Waals surface area contributed by atoms with Crippen LogP contribution >= 0.6 is 0 Å². The van der Waals surface area contributed by atoms with E-state index in [0.717, 1.165) is 17.3 Å². The number of piperidine rings is 3. The molecule has 1 aromatic rings. The molecule has 86 valence electrons. The standard InChI is InChI=1S/C13H19N3/c14-11-3-1-2-4-12(11)15-13-9-16-7-5-10(13)6-8-16/h1-4,10,13,15H,5-9,14H2. The van der Waals surface area contributed by atoms with Crippen molar-refractivity contribution in [1.82, 2.24) is 4.90 Å². The predicted octanol–water partition coefficient (Wildman–Crippen LogP) is 1.77. The second-order valence-corrected chi connectivity index (χ2v) is 4.98. The second-order valence-electron chi connectivity index (χ2n) is 4.98. The molecule has 3 nitrogen and oxygen atoms in total. The summed E-state index contributed by atoms with van der Waals surface area (Å²) in [6, 6.07) is 8.65. The van der Waals surface area contributed by atoms with Gasteiger partial charge in [0, 0.05) is 12.6 Å². The smallest absolute Gasteiger partial charge is 0.0576 e. The van der Waals surface area contributed by atoms with E-state index in [0.29, 0.717) is 6.04 Å². The fourth-order valence-electron chi connectivity index (χ4n) is 2.96. The van der Waals surface area contributed by atoms with Crippen molar-refractivity contribution >= 4 is 11.4 Å². The first kappa shape index (κ1) is 9.97. The Morgan fingerprint density at radius 3 is 2.56 bits per heavy atom. The Labute approximate surface area is 96.6 Å². The van der Waals surface area contributed by atoms with Crippen molar-refractivity contribution < 1.29 is 0 Å². The molecule has 0 aromatic heterocycles. The predicted molar refractivity (Wildman–Crippen MR) is 67.4 cm³/mol. The zero-order valence-electron chi connectivity index (χ0n) is 9.52. The molecular weight excluding hydrogens is 198 g/mol. The first-order valence-corrected chi connectivity index (χ1v) is 6.16. The average Bonchev–Trinajstić information content (AvgIpc) is 2.34. The molecule has 16 heavy (non-hydrogen) atoms. The number of hydrogen-bond donors (Lipinski definition) is 2. The molecule has 0 aliphatic carbocycles. The molecule has 1 unspecified atom stereocenters. The molecule has 0 amide bonds. The average molecular weight is 217 g/mol. The SMILES string of the molecule is Nc1ccccc1NC1CN2CCC1CC2. The summed E-state index contributed by atoms with van der Waals surface area (Å²) >= 11 is 0. The van der Waals surface area contributed by atoms with Gasteiger partial charge in [0.05, 0.1) is 11.4 Å². The van der Waals surface area contributed by atoms with E-state index < -0.39 is 0 Å². The lowest BCUT2D eigenvalue weighted by atomic mass is 9.84. The van der Waals surface area contributed by atoms with E-state index in [1.165, 1.54) is 32.5 Å². The zero-order valence-corrected chi connectivity index (χ0v) is 9.52. The van der Waals surface area contributed by atoms with Crippen LogP contribution in [0.1, 0.15) is 12.8 Å². The largest absolute Gasteiger partial charge is 0.397 e. The van der Waals surface area contributed by atoms with Gasteiger partial charge in [-0.05, 0) is 44.0 Å². The third-order valence-electron chi connectivity index (χ3n) is 3.96. The summed E-state index contributed by atoms with van der Waals surface area (Å²) < 4.78 is 0. The topological polar surface area (TPSA) is 41.3 Å². The molecule has 3 aliphatic rings. The van der Waals surface area contributed by atoms with E-state index in [1.807, 2.05) is 18.2 Å². The number of nitrogens with two attached hydrogens (primary N) is 1. The third kappa shape index (κ3) is 1.76. The number of nitrogen functional groups attached to an aromatic ring is 1. The van der Waals surface area contributed by atoms with Crippen molar-refractivity contribution in [3.63, 3.8) is 0 Å². The number of nitrogens with one attached hydrogen (secondary N) is 1. The number of rotatable bonds is 2. The van der Waals surface area contributed by atoms with Crippen LogP contribution in [-0.2, 0) is 0 Å². The molecule has 3 N–H and O–H groups in total. The van der Waals surface area contributed by atoms with Gasteiger partial charge in [-0.3, -0.25) is 0 Å². The Balaban J connectivity index is 1.73. The lowest BCUT2D eigenvalue weighted by Crippen LogP contribution is -2.53. The van der Waals surface area contributed by atoms with Crippen molar-refractivity contribution in [3.05, 3.63) is 24.3 Å². The number of benzene rings is 1. The second kappa shape index (κ2) is 3.98. The van der Waals surface area contributed by atoms with Crippen LogP contribution in [0.4, 0.5) is 11.4 Å². The summed E-state index contributed by atoms with van der Waals surface area (Å²) in [5.41, 5.74) is 7.92. The zero-order chi connectivity index (χ0) is 11.0. The Morgan fingerprint density at radius 1 is 1.19 bits per heavy atom. The summed E-state index contributed by atoms with van der Waals surface area (Å²) in [5.74, 6) is 0.838. The van der Waals surface area contributed by atoms with E-state index in [-0.39, 0.29) is 0 Å². The van der Waals surface area contributed by atoms with Crippen molar-refractivity contribution in [1.29, 1.82) is 0 Å². The number of hydrogen-bond acceptors (Lipinski definition) is 3. The van der Waals surface area contributed by atoms with Gasteiger partial charge in [-0.2, -0.15) is 0 Å². The molecule has 0 radical (unpaired) electrons. The number of fused-ring (bicyclic) bond motifs is 3. The van der Waals surface area contributed by atoms with Crippen LogP contribution in [0.3, 0.4) is 0 Å². The number of anilines is 2. The maximum Gasteiger partial charge on any atom is 0.0576 e. The van der Waals surface area contributed by atoms with Crippen LogP contribution in [0.5, 0.6) is 0 Å². The molecule has 3 saturated heterocycles. The molecular formula is C13H19N3. The summed E-state index contributed by atoms with van der Waals surface area (Å²) in [5, 5.41) is 3.61. The Kier molecular flexibility index (Phi) is 2.48. The first-order chi connectivity index (χ1) is 7.83. The molecule has 3 aliphatic heterocycles. The molecule has 0 spiro atoms. The highest BCUT2D eigenvalue weighted by molar-refractivity contribution is 5.66. The molecule has 4 rings (SSSR count). The van der Waals surface area contributed by atoms with Crippen LogP contribution in [0, 0.1) is 5.92 Å². The van der Waals surface area contributed by atoms with E-state index in [9.17, 15) is 0 Å². The summed E-state index contributed by atoms with van der Waals surface area (Å²) in [6.07, 6.45) is 2.68. The maximum atomic E-state index is 5.96. The van der Waals surface area contributed by atoms with E-state index in [4.69, 9.17) is 5.73 Å². The first-order valence-electron chi connectivity index (χ1n) is 6.16. The quantitative estimate of drug-likeness (QED) is 0.742. The molecule has 3 fully saturated rings. The summed E-state index contributed by atoms with van der Waals surface area (Å²) in [4.78, 5) is 2.55. The molecule has 2 bridgehead atoms. The van der Waals surface area contributed by atoms with Gasteiger partial charge in [-0.15, -0.1) is 0 Å². The van der Waals surface area contributed by atoms with Gasteiger partial charge in [0.2, 0.25) is 0 Å². The fourth-order valence-corrected chi connectivity index (χ4v) is 2.96. The van der Waals surface area contributed by atoms with E-state index in [1.54, 1.807) is 0 Å². The molecule has 1 aromatic carbocycles. The van der Waals surface area contributed by atoms with Gasteiger partial charge >= 0.3 is 0 Å². The summed E-state index contributed by atoms with van der Waals surface area (Å²) in [7, 11) is 0. The van der Waals surface area contributed by atoms with Crippen LogP contribution in [0.25, 0.3) is 0 Å². The summed E-state index contributed by atoms with van der Waals surface area (Å²) in [6.45, 7) is 3.75. The van der Waals surface area contributed by atoms with E-state index in [2.05, 4.69) is 16.3 Å². The minimum atomic E-state index is 0.590. The van der Waals surface area contributed by atoms with Gasteiger partial charge in [-0.25, -0.2) is 0 Å². The van der Waals surface area contributed by atoms with Crippen LogP contribution in [0.15, 0.2) is 24.3 Å². The lowest BCUT2D eigenvalue weighted by Gasteiger charge is -2.45. The van der Waals surface area contributed by atoms with Crippen LogP contribution in [-0.4, -0.2) is 30.6 Å². The fraction of sp³-hybridized carbons (Fsp3) is 0.538. The highest BCUT2D eigenvalue weighted by Crippen LogP contribution is 2.30. The van der Waals surface area contributed by atoms with Crippen molar-refractivity contribution in [2.75, 3.05) is 30.7 Å². The highest BCUT2D eigenvalue weighted by Gasteiger charge is 2.33. The van der Waals surface area contributed by atoms with Gasteiger partial charge < -0.3 is 16.0 Å². The Bertz CT molecular complexity index is 369. The van der Waals surface area contributed by atoms with Crippen LogP contribution < -0.4 is 11.1 Å². The van der Waals surface area contributed by atoms with Crippen molar-refractivity contribution in [3.8, 4) is 0 Å². The van der Waals surface area contributed by atoms with Crippen LogP contribution in [0.2, 0.25) is 0 Å². The number of nitrogens with zero attached hydrogens (tertiary/aromatic N) is 1. The number of para-hydroxylation sites is 2. The van der Waals surface area contributed by atoms with Gasteiger partial charge in [0.1, 0.15) is 0 Å². The monoisotopic (exact) mass is 217 g/mol.